The van der Waals surface area contributed by atoms with E-state index in [9.17, 15) is 14.3 Å². The van der Waals surface area contributed by atoms with Crippen LogP contribution in [0.3, 0.4) is 0 Å². The smallest absolute Gasteiger partial charge is 0.319 e. The first-order chi connectivity index (χ1) is 9.52. The number of rotatable bonds is 4. The zero-order chi connectivity index (χ0) is 14.6. The third kappa shape index (κ3) is 3.60. The zero-order valence-electron chi connectivity index (χ0n) is 11.4. The van der Waals surface area contributed by atoms with E-state index >= 15 is 0 Å². The molecule has 0 unspecified atom stereocenters. The predicted molar refractivity (Wildman–Crippen MR) is 73.4 cm³/mol. The quantitative estimate of drug-likeness (QED) is 0.793. The van der Waals surface area contributed by atoms with Crippen LogP contribution in [0.25, 0.3) is 0 Å². The molecule has 1 fully saturated rings. The lowest BCUT2D eigenvalue weighted by atomic mass is 10.0. The monoisotopic (exact) mass is 282 g/mol. The summed E-state index contributed by atoms with van der Waals surface area (Å²) in [4.78, 5) is 11.7. The molecule has 0 aliphatic heterocycles. The Bertz CT molecular complexity index is 487. The van der Waals surface area contributed by atoms with Crippen LogP contribution in [0.15, 0.2) is 18.2 Å². The van der Waals surface area contributed by atoms with Crippen molar-refractivity contribution >= 4 is 11.7 Å². The Morgan fingerprint density at radius 1 is 1.45 bits per heavy atom. The molecule has 0 bridgehead atoms. The topological polar surface area (TPSA) is 70.6 Å². The number of urea groups is 1. The van der Waals surface area contributed by atoms with E-state index < -0.39 is 17.4 Å². The van der Waals surface area contributed by atoms with Crippen molar-refractivity contribution in [3.8, 4) is 5.75 Å². The van der Waals surface area contributed by atoms with Crippen molar-refractivity contribution in [1.29, 1.82) is 0 Å². The number of nitrogens with one attached hydrogen (secondary N) is 2. The summed E-state index contributed by atoms with van der Waals surface area (Å²) >= 11 is 0. The van der Waals surface area contributed by atoms with Gasteiger partial charge in [-0.2, -0.15) is 0 Å². The highest BCUT2D eigenvalue weighted by Gasteiger charge is 2.31. The first-order valence-corrected chi connectivity index (χ1v) is 6.63. The van der Waals surface area contributed by atoms with Crippen LogP contribution in [-0.2, 0) is 0 Å². The number of aliphatic hydroxyl groups is 1. The number of amides is 2. The van der Waals surface area contributed by atoms with Gasteiger partial charge in [0.25, 0.3) is 0 Å². The molecule has 1 aliphatic rings. The van der Waals surface area contributed by atoms with Crippen molar-refractivity contribution < 1.29 is 19.0 Å². The van der Waals surface area contributed by atoms with E-state index in [1.54, 1.807) is 6.07 Å². The number of benzene rings is 1. The van der Waals surface area contributed by atoms with Crippen LogP contribution in [0, 0.1) is 5.82 Å². The third-order valence-corrected chi connectivity index (χ3v) is 3.52. The molecule has 0 heterocycles. The van der Waals surface area contributed by atoms with Crippen molar-refractivity contribution in [2.75, 3.05) is 19.0 Å². The van der Waals surface area contributed by atoms with Crippen LogP contribution in [0.5, 0.6) is 5.75 Å². The van der Waals surface area contributed by atoms with E-state index in [0.717, 1.165) is 12.8 Å². The van der Waals surface area contributed by atoms with Gasteiger partial charge in [-0.15, -0.1) is 0 Å². The first kappa shape index (κ1) is 14.6. The lowest BCUT2D eigenvalue weighted by Gasteiger charge is -2.22. The Hall–Kier alpha value is -1.82. The molecule has 110 valence electrons. The highest BCUT2D eigenvalue weighted by molar-refractivity contribution is 5.89. The number of anilines is 1. The largest absolute Gasteiger partial charge is 0.494 e. The summed E-state index contributed by atoms with van der Waals surface area (Å²) in [5.74, 6) is -0.420. The lowest BCUT2D eigenvalue weighted by Crippen LogP contribution is -2.42. The molecule has 0 radical (unpaired) electrons. The number of methoxy groups -OCH3 is 1. The highest BCUT2D eigenvalue weighted by atomic mass is 19.1. The maximum atomic E-state index is 13.5. The summed E-state index contributed by atoms with van der Waals surface area (Å²) < 4.78 is 18.3. The van der Waals surface area contributed by atoms with Gasteiger partial charge in [-0.1, -0.05) is 12.8 Å². The number of carbonyl (C=O) groups excluding carboxylic acids is 1. The Labute approximate surface area is 117 Å². The summed E-state index contributed by atoms with van der Waals surface area (Å²) in [5.41, 5.74) is -0.470. The predicted octanol–water partition coefficient (Wildman–Crippen LogP) is 2.26. The van der Waals surface area contributed by atoms with Gasteiger partial charge in [0.15, 0.2) is 11.6 Å². The van der Waals surface area contributed by atoms with Gasteiger partial charge in [-0.25, -0.2) is 9.18 Å². The van der Waals surface area contributed by atoms with Crippen molar-refractivity contribution in [2.24, 2.45) is 0 Å². The number of hydrogen-bond acceptors (Lipinski definition) is 3. The molecular formula is C14H19FN2O3. The zero-order valence-corrected chi connectivity index (χ0v) is 11.4. The van der Waals surface area contributed by atoms with Gasteiger partial charge in [0.05, 0.1) is 12.7 Å². The normalized spacial score (nSPS) is 16.8. The van der Waals surface area contributed by atoms with Gasteiger partial charge < -0.3 is 20.5 Å². The average molecular weight is 282 g/mol. The van der Waals surface area contributed by atoms with Crippen LogP contribution in [0.4, 0.5) is 14.9 Å². The van der Waals surface area contributed by atoms with E-state index in [4.69, 9.17) is 4.74 Å². The minimum absolute atomic E-state index is 0.122. The molecule has 5 nitrogen and oxygen atoms in total. The molecule has 1 saturated carbocycles. The van der Waals surface area contributed by atoms with E-state index in [1.165, 1.54) is 19.2 Å². The molecule has 0 saturated heterocycles. The summed E-state index contributed by atoms with van der Waals surface area (Å²) in [7, 11) is 1.38. The van der Waals surface area contributed by atoms with Crippen molar-refractivity contribution in [3.63, 3.8) is 0 Å². The van der Waals surface area contributed by atoms with Crippen molar-refractivity contribution in [3.05, 3.63) is 24.0 Å². The molecule has 20 heavy (non-hydrogen) atoms. The Morgan fingerprint density at radius 3 is 2.75 bits per heavy atom. The molecule has 2 amide bonds. The van der Waals surface area contributed by atoms with Gasteiger partial charge in [-0.3, -0.25) is 0 Å². The van der Waals surface area contributed by atoms with E-state index in [-0.39, 0.29) is 12.3 Å². The van der Waals surface area contributed by atoms with E-state index in [2.05, 4.69) is 10.6 Å². The minimum atomic E-state index is -0.803. The number of hydrogen-bond donors (Lipinski definition) is 3. The second-order valence-corrected chi connectivity index (χ2v) is 5.09. The van der Waals surface area contributed by atoms with Crippen LogP contribution >= 0.6 is 0 Å². The Morgan fingerprint density at radius 2 is 2.15 bits per heavy atom. The SMILES string of the molecule is COc1ccc(NC(=O)NCC2(O)CCCC2)cc1F. The summed E-state index contributed by atoms with van der Waals surface area (Å²) in [6, 6.07) is 3.71. The van der Waals surface area contributed by atoms with Gasteiger partial charge in [-0.05, 0) is 25.0 Å². The molecule has 2 rings (SSSR count). The van der Waals surface area contributed by atoms with Gasteiger partial charge >= 0.3 is 6.03 Å². The molecule has 1 aromatic rings. The highest BCUT2D eigenvalue weighted by Crippen LogP contribution is 2.28. The molecular weight excluding hydrogens is 263 g/mol. The van der Waals surface area contributed by atoms with E-state index in [0.29, 0.717) is 18.5 Å². The second-order valence-electron chi connectivity index (χ2n) is 5.09. The maximum Gasteiger partial charge on any atom is 0.319 e. The number of ether oxygens (including phenoxy) is 1. The molecule has 0 spiro atoms. The number of halogens is 1. The molecule has 1 aliphatic carbocycles. The van der Waals surface area contributed by atoms with Gasteiger partial charge in [0, 0.05) is 18.3 Å². The fourth-order valence-corrected chi connectivity index (χ4v) is 2.37. The van der Waals surface area contributed by atoms with Crippen LogP contribution in [-0.4, -0.2) is 30.4 Å². The van der Waals surface area contributed by atoms with Gasteiger partial charge in [0.1, 0.15) is 0 Å². The maximum absolute atomic E-state index is 13.5. The third-order valence-electron chi connectivity index (χ3n) is 3.52. The molecule has 0 atom stereocenters. The molecule has 0 aromatic heterocycles. The van der Waals surface area contributed by atoms with Crippen molar-refractivity contribution in [1.82, 2.24) is 5.32 Å². The Balaban J connectivity index is 1.86. The van der Waals surface area contributed by atoms with Crippen LogP contribution in [0.1, 0.15) is 25.7 Å². The average Bonchev–Trinajstić information content (AvgIpc) is 2.84. The van der Waals surface area contributed by atoms with Crippen LogP contribution < -0.4 is 15.4 Å². The summed E-state index contributed by atoms with van der Waals surface area (Å²) in [6.07, 6.45) is 3.35. The standard InChI is InChI=1S/C14H19FN2O3/c1-20-12-5-4-10(8-11(12)15)17-13(18)16-9-14(19)6-2-3-7-14/h4-5,8,19H,2-3,6-7,9H2,1H3,(H2,16,17,18). The summed E-state index contributed by atoms with van der Waals surface area (Å²) in [6.45, 7) is 0.206. The molecule has 3 N–H and O–H groups in total. The lowest BCUT2D eigenvalue weighted by molar-refractivity contribution is 0.0506. The first-order valence-electron chi connectivity index (χ1n) is 6.63. The summed E-state index contributed by atoms with van der Waals surface area (Å²) in [5, 5.41) is 15.2. The fourth-order valence-electron chi connectivity index (χ4n) is 2.37. The van der Waals surface area contributed by atoms with Crippen molar-refractivity contribution in [2.45, 2.75) is 31.3 Å². The number of carbonyl (C=O) groups is 1. The Kier molecular flexibility index (Phi) is 4.44. The van der Waals surface area contributed by atoms with E-state index in [1.807, 2.05) is 0 Å². The fraction of sp³-hybridized carbons (Fsp3) is 0.500. The second kappa shape index (κ2) is 6.09. The molecule has 1 aromatic carbocycles. The molecule has 6 heteroatoms. The van der Waals surface area contributed by atoms with Gasteiger partial charge in [0.2, 0.25) is 0 Å². The van der Waals surface area contributed by atoms with Crippen LogP contribution in [0.2, 0.25) is 0 Å². The minimum Gasteiger partial charge on any atom is -0.494 e.